The summed E-state index contributed by atoms with van der Waals surface area (Å²) in [6.07, 6.45) is 0.0419. The van der Waals surface area contributed by atoms with Crippen molar-refractivity contribution in [1.82, 2.24) is 5.32 Å². The molecule has 0 aliphatic rings. The molecule has 0 radical (unpaired) electrons. The Morgan fingerprint density at radius 3 is 2.67 bits per heavy atom. The molecule has 0 aliphatic carbocycles. The highest BCUT2D eigenvalue weighted by Crippen LogP contribution is 2.01. The molecule has 1 amide bonds. The predicted molar refractivity (Wildman–Crippen MR) is 64.6 cm³/mol. The molecule has 1 N–H and O–H groups in total. The molecule has 0 aliphatic heterocycles. The molecule has 0 fully saturated rings. The first-order chi connectivity index (χ1) is 8.63. The first kappa shape index (κ1) is 13.7. The molecular formula is C13H14N2O3. The summed E-state index contributed by atoms with van der Waals surface area (Å²) in [7, 11) is 0. The van der Waals surface area contributed by atoms with E-state index in [1.165, 1.54) is 0 Å². The van der Waals surface area contributed by atoms with Gasteiger partial charge < -0.3 is 10.1 Å². The average molecular weight is 246 g/mol. The Hall–Kier alpha value is -2.35. The molecule has 18 heavy (non-hydrogen) atoms. The van der Waals surface area contributed by atoms with Crippen molar-refractivity contribution >= 4 is 11.9 Å². The molecule has 0 aromatic heterocycles. The van der Waals surface area contributed by atoms with E-state index in [1.54, 1.807) is 37.3 Å². The van der Waals surface area contributed by atoms with E-state index in [9.17, 15) is 9.59 Å². The van der Waals surface area contributed by atoms with Crippen molar-refractivity contribution in [3.05, 3.63) is 35.9 Å². The van der Waals surface area contributed by atoms with Crippen molar-refractivity contribution in [1.29, 1.82) is 5.26 Å². The second-order valence-corrected chi connectivity index (χ2v) is 3.76. The van der Waals surface area contributed by atoms with Gasteiger partial charge in [0.15, 0.2) is 6.61 Å². The van der Waals surface area contributed by atoms with Crippen LogP contribution in [0.3, 0.4) is 0 Å². The Bertz CT molecular complexity index is 451. The molecule has 0 saturated carbocycles. The molecule has 5 heteroatoms. The molecule has 5 nitrogen and oxygen atoms in total. The summed E-state index contributed by atoms with van der Waals surface area (Å²) in [5, 5.41) is 10.9. The monoisotopic (exact) mass is 246 g/mol. The van der Waals surface area contributed by atoms with Crippen LogP contribution >= 0.6 is 0 Å². The van der Waals surface area contributed by atoms with Crippen LogP contribution in [-0.4, -0.2) is 24.5 Å². The van der Waals surface area contributed by atoms with E-state index in [-0.39, 0.29) is 25.0 Å². The van der Waals surface area contributed by atoms with Crippen LogP contribution in [0.15, 0.2) is 30.3 Å². The third kappa shape index (κ3) is 4.66. The van der Waals surface area contributed by atoms with Gasteiger partial charge in [0.05, 0.1) is 6.42 Å². The molecule has 1 atom stereocenters. The van der Waals surface area contributed by atoms with Crippen molar-refractivity contribution in [2.24, 2.45) is 0 Å². The third-order valence-corrected chi connectivity index (χ3v) is 2.18. The highest BCUT2D eigenvalue weighted by atomic mass is 16.5. The average Bonchev–Trinajstić information content (AvgIpc) is 2.37. The first-order valence-corrected chi connectivity index (χ1v) is 5.52. The maximum absolute atomic E-state index is 11.7. The SMILES string of the molecule is CC(CC(=O)OCC#N)NC(=O)c1ccccc1. The van der Waals surface area contributed by atoms with E-state index in [2.05, 4.69) is 10.1 Å². The Kier molecular flexibility index (Phi) is 5.39. The largest absolute Gasteiger partial charge is 0.450 e. The normalized spacial score (nSPS) is 11.1. The maximum Gasteiger partial charge on any atom is 0.308 e. The van der Waals surface area contributed by atoms with Gasteiger partial charge in [0.1, 0.15) is 6.07 Å². The van der Waals surface area contributed by atoms with E-state index in [0.717, 1.165) is 0 Å². The minimum atomic E-state index is -0.502. The van der Waals surface area contributed by atoms with Crippen LogP contribution in [0, 0.1) is 11.3 Å². The van der Waals surface area contributed by atoms with Gasteiger partial charge in [0.25, 0.3) is 5.91 Å². The van der Waals surface area contributed by atoms with Crippen LogP contribution in [0.5, 0.6) is 0 Å². The summed E-state index contributed by atoms with van der Waals surface area (Å²) >= 11 is 0. The number of rotatable bonds is 5. The molecule has 1 rings (SSSR count). The van der Waals surface area contributed by atoms with Gasteiger partial charge in [-0.05, 0) is 19.1 Å². The number of hydrogen-bond acceptors (Lipinski definition) is 4. The summed E-state index contributed by atoms with van der Waals surface area (Å²) in [5.74, 6) is -0.742. The van der Waals surface area contributed by atoms with Gasteiger partial charge in [-0.25, -0.2) is 0 Å². The van der Waals surface area contributed by atoms with E-state index in [1.807, 2.05) is 6.07 Å². The Morgan fingerprint density at radius 1 is 1.39 bits per heavy atom. The zero-order chi connectivity index (χ0) is 13.4. The lowest BCUT2D eigenvalue weighted by Crippen LogP contribution is -2.34. The molecule has 1 unspecified atom stereocenters. The molecule has 0 spiro atoms. The lowest BCUT2D eigenvalue weighted by Gasteiger charge is -2.12. The number of nitriles is 1. The van der Waals surface area contributed by atoms with E-state index < -0.39 is 5.97 Å². The fourth-order valence-electron chi connectivity index (χ4n) is 1.37. The molecule has 1 aromatic carbocycles. The van der Waals surface area contributed by atoms with Crippen molar-refractivity contribution < 1.29 is 14.3 Å². The van der Waals surface area contributed by atoms with Crippen LogP contribution in [0.25, 0.3) is 0 Å². The second kappa shape index (κ2) is 7.07. The predicted octanol–water partition coefficient (Wildman–Crippen LogP) is 1.26. The fourth-order valence-corrected chi connectivity index (χ4v) is 1.37. The van der Waals surface area contributed by atoms with Gasteiger partial charge in [-0.2, -0.15) is 5.26 Å². The van der Waals surface area contributed by atoms with Crippen LogP contribution < -0.4 is 5.32 Å². The van der Waals surface area contributed by atoms with Gasteiger partial charge >= 0.3 is 5.97 Å². The Morgan fingerprint density at radius 2 is 2.06 bits per heavy atom. The third-order valence-electron chi connectivity index (χ3n) is 2.18. The summed E-state index contributed by atoms with van der Waals surface area (Å²) in [5.41, 5.74) is 0.537. The maximum atomic E-state index is 11.7. The number of carbonyl (C=O) groups is 2. The van der Waals surface area contributed by atoms with Crippen molar-refractivity contribution in [3.63, 3.8) is 0 Å². The Balaban J connectivity index is 2.41. The topological polar surface area (TPSA) is 79.2 Å². The number of nitrogens with zero attached hydrogens (tertiary/aromatic N) is 1. The summed E-state index contributed by atoms with van der Waals surface area (Å²) in [6.45, 7) is 1.44. The number of esters is 1. The van der Waals surface area contributed by atoms with Gasteiger partial charge in [-0.1, -0.05) is 18.2 Å². The summed E-state index contributed by atoms with van der Waals surface area (Å²) < 4.78 is 4.60. The molecule has 0 saturated heterocycles. The highest BCUT2D eigenvalue weighted by Gasteiger charge is 2.13. The van der Waals surface area contributed by atoms with Crippen molar-refractivity contribution in [3.8, 4) is 6.07 Å². The van der Waals surface area contributed by atoms with E-state index in [0.29, 0.717) is 5.56 Å². The number of benzene rings is 1. The van der Waals surface area contributed by atoms with Crippen LogP contribution in [0.1, 0.15) is 23.7 Å². The van der Waals surface area contributed by atoms with E-state index in [4.69, 9.17) is 5.26 Å². The molecule has 94 valence electrons. The summed E-state index contributed by atoms with van der Waals surface area (Å²) in [4.78, 5) is 22.9. The molecule has 0 heterocycles. The number of ether oxygens (including phenoxy) is 1. The minimum Gasteiger partial charge on any atom is -0.450 e. The van der Waals surface area contributed by atoms with Crippen molar-refractivity contribution in [2.45, 2.75) is 19.4 Å². The highest BCUT2D eigenvalue weighted by molar-refractivity contribution is 5.94. The van der Waals surface area contributed by atoms with E-state index >= 15 is 0 Å². The second-order valence-electron chi connectivity index (χ2n) is 3.76. The minimum absolute atomic E-state index is 0.0419. The molecular weight excluding hydrogens is 232 g/mol. The van der Waals surface area contributed by atoms with Gasteiger partial charge in [-0.15, -0.1) is 0 Å². The zero-order valence-corrected chi connectivity index (χ0v) is 10.1. The smallest absolute Gasteiger partial charge is 0.308 e. The first-order valence-electron chi connectivity index (χ1n) is 5.52. The zero-order valence-electron chi connectivity index (χ0n) is 10.1. The Labute approximate surface area is 105 Å². The van der Waals surface area contributed by atoms with Gasteiger partial charge in [0.2, 0.25) is 0 Å². The number of carbonyl (C=O) groups excluding carboxylic acids is 2. The lowest BCUT2D eigenvalue weighted by atomic mass is 10.2. The molecule has 1 aromatic rings. The quantitative estimate of drug-likeness (QED) is 0.793. The van der Waals surface area contributed by atoms with Gasteiger partial charge in [0, 0.05) is 11.6 Å². The number of nitrogens with one attached hydrogen (secondary N) is 1. The molecule has 0 bridgehead atoms. The lowest BCUT2D eigenvalue weighted by molar-refractivity contribution is -0.142. The van der Waals surface area contributed by atoms with Crippen LogP contribution in [0.4, 0.5) is 0 Å². The van der Waals surface area contributed by atoms with Gasteiger partial charge in [-0.3, -0.25) is 9.59 Å². The number of hydrogen-bond donors (Lipinski definition) is 1. The standard InChI is InChI=1S/C13H14N2O3/c1-10(9-12(16)18-8-7-14)15-13(17)11-5-3-2-4-6-11/h2-6,10H,8-9H2,1H3,(H,15,17). The van der Waals surface area contributed by atoms with Crippen LogP contribution in [0.2, 0.25) is 0 Å². The van der Waals surface area contributed by atoms with Crippen molar-refractivity contribution in [2.75, 3.05) is 6.61 Å². The number of amides is 1. The summed E-state index contributed by atoms with van der Waals surface area (Å²) in [6, 6.07) is 10.1. The van der Waals surface area contributed by atoms with Crippen LogP contribution in [-0.2, 0) is 9.53 Å². The fraction of sp³-hybridized carbons (Fsp3) is 0.308.